The van der Waals surface area contributed by atoms with Gasteiger partial charge in [0, 0.05) is 12.8 Å². The van der Waals surface area contributed by atoms with Crippen LogP contribution in [0.4, 0.5) is 0 Å². The highest BCUT2D eigenvalue weighted by molar-refractivity contribution is 5.70. The summed E-state index contributed by atoms with van der Waals surface area (Å²) in [5.74, 6) is 0.604. The third kappa shape index (κ3) is 11.6. The lowest BCUT2D eigenvalue weighted by Crippen LogP contribution is -2.15. The predicted molar refractivity (Wildman–Crippen MR) is 163 cm³/mol. The number of phenols is 2. The fourth-order valence-corrected chi connectivity index (χ4v) is 4.64. The van der Waals surface area contributed by atoms with Crippen LogP contribution in [0.25, 0.3) is 0 Å². The summed E-state index contributed by atoms with van der Waals surface area (Å²) in [6.45, 7) is 13.7. The summed E-state index contributed by atoms with van der Waals surface area (Å²) in [5.41, 5.74) is 5.51. The highest BCUT2D eigenvalue weighted by Gasteiger charge is 2.15. The molecule has 0 aromatic heterocycles. The van der Waals surface area contributed by atoms with E-state index < -0.39 is 0 Å². The van der Waals surface area contributed by atoms with Crippen LogP contribution in [0.5, 0.6) is 11.5 Å². The van der Waals surface area contributed by atoms with Crippen molar-refractivity contribution < 1.29 is 38.7 Å². The number of ether oxygens (including phenoxy) is 4. The molecule has 0 aliphatic rings. The van der Waals surface area contributed by atoms with E-state index in [0.717, 1.165) is 46.2 Å². The van der Waals surface area contributed by atoms with E-state index in [0.29, 0.717) is 37.6 Å². The maximum absolute atomic E-state index is 12.1. The number of hydrogen-bond donors (Lipinski definition) is 2. The van der Waals surface area contributed by atoms with Gasteiger partial charge in [-0.25, -0.2) is 0 Å². The average Bonchev–Trinajstić information content (AvgIpc) is 2.98. The molecule has 0 fully saturated rings. The summed E-state index contributed by atoms with van der Waals surface area (Å²) in [6, 6.07) is 7.80. The molecule has 8 nitrogen and oxygen atoms in total. The Kier molecular flexibility index (Phi) is 15.4. The molecule has 0 amide bonds. The van der Waals surface area contributed by atoms with Crippen LogP contribution in [-0.2, 0) is 41.4 Å². The van der Waals surface area contributed by atoms with Gasteiger partial charge < -0.3 is 29.2 Å². The summed E-state index contributed by atoms with van der Waals surface area (Å²) in [5, 5.41) is 20.7. The number of carbonyl (C=O) groups excluding carboxylic acids is 2. The Morgan fingerprint density at radius 2 is 1.00 bits per heavy atom. The lowest BCUT2D eigenvalue weighted by atomic mass is 9.92. The Balaban J connectivity index is 1.52. The molecule has 2 N–H and O–H groups in total. The molecular formula is C34H50O8. The first kappa shape index (κ1) is 35.1. The summed E-state index contributed by atoms with van der Waals surface area (Å²) < 4.78 is 21.4. The molecule has 2 aromatic rings. The minimum atomic E-state index is -0.288. The first-order valence-electron chi connectivity index (χ1n) is 15.2. The lowest BCUT2D eigenvalue weighted by Gasteiger charge is -2.15. The van der Waals surface area contributed by atoms with Gasteiger partial charge in [-0.15, -0.1) is 0 Å². The van der Waals surface area contributed by atoms with Crippen molar-refractivity contribution in [2.24, 2.45) is 0 Å². The van der Waals surface area contributed by atoms with E-state index in [4.69, 9.17) is 18.9 Å². The van der Waals surface area contributed by atoms with Crippen molar-refractivity contribution in [1.29, 1.82) is 0 Å². The van der Waals surface area contributed by atoms with Gasteiger partial charge >= 0.3 is 11.9 Å². The molecule has 2 atom stereocenters. The molecule has 0 bridgehead atoms. The largest absolute Gasteiger partial charge is 0.507 e. The number of benzene rings is 2. The number of esters is 2. The van der Waals surface area contributed by atoms with Gasteiger partial charge in [-0.1, -0.05) is 52.0 Å². The predicted octanol–water partition coefficient (Wildman–Crippen LogP) is 6.43. The zero-order chi connectivity index (χ0) is 31.1. The normalized spacial score (nSPS) is 12.6. The Labute approximate surface area is 251 Å². The van der Waals surface area contributed by atoms with Gasteiger partial charge in [-0.2, -0.15) is 0 Å². The number of carbonyl (C=O) groups is 2. The van der Waals surface area contributed by atoms with Gasteiger partial charge in [0.2, 0.25) is 0 Å². The molecule has 234 valence electrons. The van der Waals surface area contributed by atoms with Gasteiger partial charge in [0.1, 0.15) is 24.7 Å². The Hall–Kier alpha value is -3.10. The second-order valence-electron chi connectivity index (χ2n) is 11.0. The molecule has 2 aromatic carbocycles. The first-order valence-corrected chi connectivity index (χ1v) is 15.2. The SMILES string of the molecule is CCC(C)c1cc(CCC(=O)OCCOCCOCCOC(=O)CCc2cc(C)c(O)c(C(C)CC)c2)cc(C)c1O. The number of phenolic OH excluding ortho intramolecular Hbond substituents is 2. The van der Waals surface area contributed by atoms with Crippen molar-refractivity contribution in [3.05, 3.63) is 57.6 Å². The van der Waals surface area contributed by atoms with E-state index in [1.807, 2.05) is 38.1 Å². The van der Waals surface area contributed by atoms with Crippen LogP contribution in [0.1, 0.15) is 98.6 Å². The van der Waals surface area contributed by atoms with Crippen LogP contribution in [0.3, 0.4) is 0 Å². The van der Waals surface area contributed by atoms with Crippen LogP contribution in [0.2, 0.25) is 0 Å². The Morgan fingerprint density at radius 1 is 0.643 bits per heavy atom. The second-order valence-corrected chi connectivity index (χ2v) is 11.0. The summed E-state index contributed by atoms with van der Waals surface area (Å²) in [7, 11) is 0. The molecule has 2 rings (SSSR count). The van der Waals surface area contributed by atoms with Crippen molar-refractivity contribution >= 4 is 11.9 Å². The Bertz CT molecular complexity index is 1050. The van der Waals surface area contributed by atoms with Crippen molar-refractivity contribution in [1.82, 2.24) is 0 Å². The molecule has 0 saturated heterocycles. The fraction of sp³-hybridized carbons (Fsp3) is 0.588. The summed E-state index contributed by atoms with van der Waals surface area (Å²) in [4.78, 5) is 24.2. The Morgan fingerprint density at radius 3 is 1.36 bits per heavy atom. The van der Waals surface area contributed by atoms with E-state index in [-0.39, 0.29) is 63.0 Å². The fourth-order valence-electron chi connectivity index (χ4n) is 4.64. The summed E-state index contributed by atoms with van der Waals surface area (Å²) >= 11 is 0. The van der Waals surface area contributed by atoms with Gasteiger partial charge in [0.05, 0.1) is 26.4 Å². The second kappa shape index (κ2) is 18.4. The number of hydrogen-bond acceptors (Lipinski definition) is 8. The molecular weight excluding hydrogens is 536 g/mol. The molecule has 0 spiro atoms. The lowest BCUT2D eigenvalue weighted by molar-refractivity contribution is -0.146. The molecule has 8 heteroatoms. The zero-order valence-corrected chi connectivity index (χ0v) is 26.3. The van der Waals surface area contributed by atoms with Crippen LogP contribution in [-0.4, -0.2) is 61.8 Å². The van der Waals surface area contributed by atoms with Crippen LogP contribution in [0, 0.1) is 13.8 Å². The maximum atomic E-state index is 12.1. The quantitative estimate of drug-likeness (QED) is 0.143. The minimum absolute atomic E-state index is 0.169. The van der Waals surface area contributed by atoms with Gasteiger partial charge in [-0.05, 0) is 84.7 Å². The number of aryl methyl sites for hydroxylation is 4. The van der Waals surface area contributed by atoms with Crippen LogP contribution < -0.4 is 0 Å². The average molecular weight is 587 g/mol. The third-order valence-electron chi connectivity index (χ3n) is 7.66. The molecule has 0 heterocycles. The van der Waals surface area contributed by atoms with Crippen molar-refractivity contribution in [3.8, 4) is 11.5 Å². The molecule has 0 aliphatic carbocycles. The van der Waals surface area contributed by atoms with Crippen molar-refractivity contribution in [2.45, 2.75) is 91.9 Å². The third-order valence-corrected chi connectivity index (χ3v) is 7.66. The van der Waals surface area contributed by atoms with E-state index in [1.165, 1.54) is 0 Å². The molecule has 2 unspecified atom stereocenters. The van der Waals surface area contributed by atoms with Gasteiger partial charge in [0.15, 0.2) is 0 Å². The summed E-state index contributed by atoms with van der Waals surface area (Å²) in [6.07, 6.45) is 3.49. The van der Waals surface area contributed by atoms with E-state index in [9.17, 15) is 19.8 Å². The maximum Gasteiger partial charge on any atom is 0.306 e. The topological polar surface area (TPSA) is 112 Å². The smallest absolute Gasteiger partial charge is 0.306 e. The van der Waals surface area contributed by atoms with E-state index >= 15 is 0 Å². The van der Waals surface area contributed by atoms with E-state index in [1.54, 1.807) is 0 Å². The molecule has 0 aliphatic heterocycles. The monoisotopic (exact) mass is 586 g/mol. The molecule has 42 heavy (non-hydrogen) atoms. The van der Waals surface area contributed by atoms with Crippen LogP contribution in [0.15, 0.2) is 24.3 Å². The van der Waals surface area contributed by atoms with Gasteiger partial charge in [0.25, 0.3) is 0 Å². The van der Waals surface area contributed by atoms with Crippen LogP contribution >= 0.6 is 0 Å². The van der Waals surface area contributed by atoms with E-state index in [2.05, 4.69) is 27.7 Å². The highest BCUT2D eigenvalue weighted by atomic mass is 16.6. The zero-order valence-electron chi connectivity index (χ0n) is 26.3. The molecule has 0 radical (unpaired) electrons. The van der Waals surface area contributed by atoms with Crippen molar-refractivity contribution in [2.75, 3.05) is 39.6 Å². The molecule has 0 saturated carbocycles. The number of rotatable bonds is 19. The minimum Gasteiger partial charge on any atom is -0.507 e. The number of aromatic hydroxyl groups is 2. The highest BCUT2D eigenvalue weighted by Crippen LogP contribution is 2.33. The first-order chi connectivity index (χ1) is 20.1. The van der Waals surface area contributed by atoms with Crippen molar-refractivity contribution in [3.63, 3.8) is 0 Å². The standard InChI is InChI=1S/C34H50O8/c1-7-23(3)29-21-27(19-25(5)33(29)37)9-11-31(35)41-17-15-39-13-14-40-16-18-42-32(36)12-10-28-20-26(6)34(38)30(22-28)24(4)8-2/h19-24,37-38H,7-18H2,1-6H3. The van der Waals surface area contributed by atoms with Gasteiger partial charge in [-0.3, -0.25) is 9.59 Å².